The lowest BCUT2D eigenvalue weighted by Gasteiger charge is -2.15. The first kappa shape index (κ1) is 12.2. The minimum absolute atomic E-state index is 0.669. The molecule has 1 nitrogen and oxygen atoms in total. The average Bonchev–Trinajstić information content (AvgIpc) is 3.25. The zero-order valence-electron chi connectivity index (χ0n) is 11.5. The lowest BCUT2D eigenvalue weighted by Crippen LogP contribution is -2.23. The number of rotatable bonds is 7. The van der Waals surface area contributed by atoms with E-state index < -0.39 is 0 Å². The van der Waals surface area contributed by atoms with E-state index in [0.29, 0.717) is 5.41 Å². The smallest absolute Gasteiger partial charge is 0.0205 e. The Bertz CT molecular complexity index is 402. The van der Waals surface area contributed by atoms with Gasteiger partial charge in [0.25, 0.3) is 0 Å². The van der Waals surface area contributed by atoms with E-state index in [4.69, 9.17) is 0 Å². The highest BCUT2D eigenvalue weighted by Gasteiger charge is 2.40. The molecule has 2 aliphatic rings. The van der Waals surface area contributed by atoms with Gasteiger partial charge in [-0.05, 0) is 54.6 Å². The van der Waals surface area contributed by atoms with Crippen molar-refractivity contribution >= 4 is 0 Å². The molecule has 0 radical (unpaired) electrons. The van der Waals surface area contributed by atoms with Crippen LogP contribution >= 0.6 is 0 Å². The fourth-order valence-corrected chi connectivity index (χ4v) is 3.07. The molecule has 1 aromatic carbocycles. The first-order chi connectivity index (χ1) is 8.81. The number of benzene rings is 1. The van der Waals surface area contributed by atoms with Gasteiger partial charge in [-0.2, -0.15) is 0 Å². The van der Waals surface area contributed by atoms with Crippen molar-refractivity contribution in [1.29, 1.82) is 0 Å². The van der Waals surface area contributed by atoms with Crippen LogP contribution in [0.4, 0.5) is 0 Å². The minimum atomic E-state index is 0.669. The maximum absolute atomic E-state index is 3.68. The molecule has 18 heavy (non-hydrogen) atoms. The van der Waals surface area contributed by atoms with E-state index in [1.807, 2.05) is 0 Å². The van der Waals surface area contributed by atoms with Crippen LogP contribution in [0, 0.1) is 5.41 Å². The van der Waals surface area contributed by atoms with Crippen LogP contribution in [0.1, 0.15) is 62.5 Å². The van der Waals surface area contributed by atoms with Crippen molar-refractivity contribution in [3.05, 3.63) is 35.4 Å². The fraction of sp³-hybridized carbons (Fsp3) is 0.647. The molecule has 0 amide bonds. The molecule has 2 fully saturated rings. The van der Waals surface area contributed by atoms with Gasteiger partial charge in [0.05, 0.1) is 0 Å². The van der Waals surface area contributed by atoms with Crippen LogP contribution in [-0.4, -0.2) is 6.54 Å². The predicted molar refractivity (Wildman–Crippen MR) is 76.7 cm³/mol. The molecule has 3 rings (SSSR count). The largest absolute Gasteiger partial charge is 0.312 e. The molecule has 0 atom stereocenters. The Balaban J connectivity index is 1.49. The maximum Gasteiger partial charge on any atom is 0.0205 e. The molecule has 1 N–H and O–H groups in total. The van der Waals surface area contributed by atoms with E-state index in [9.17, 15) is 0 Å². The van der Waals surface area contributed by atoms with Crippen molar-refractivity contribution in [2.75, 3.05) is 6.54 Å². The summed E-state index contributed by atoms with van der Waals surface area (Å²) < 4.78 is 0. The van der Waals surface area contributed by atoms with E-state index in [-0.39, 0.29) is 0 Å². The first-order valence-corrected chi connectivity index (χ1v) is 7.61. The van der Waals surface area contributed by atoms with Crippen molar-refractivity contribution in [2.24, 2.45) is 5.41 Å². The van der Waals surface area contributed by atoms with Gasteiger partial charge in [-0.1, -0.05) is 37.6 Å². The zero-order valence-corrected chi connectivity index (χ0v) is 11.5. The highest BCUT2D eigenvalue weighted by molar-refractivity contribution is 5.29. The summed E-state index contributed by atoms with van der Waals surface area (Å²) in [5.74, 6) is 0.875. The second-order valence-electron chi connectivity index (χ2n) is 6.37. The topological polar surface area (TPSA) is 12.0 Å². The molecule has 0 aromatic heterocycles. The Hall–Kier alpha value is -0.820. The molecule has 0 spiro atoms. The fourth-order valence-electron chi connectivity index (χ4n) is 3.07. The maximum atomic E-state index is 3.68. The lowest BCUT2D eigenvalue weighted by molar-refractivity contribution is 0.421. The van der Waals surface area contributed by atoms with Gasteiger partial charge in [0, 0.05) is 13.1 Å². The molecule has 0 bridgehead atoms. The summed E-state index contributed by atoms with van der Waals surface area (Å²) in [4.78, 5) is 0. The Morgan fingerprint density at radius 1 is 1.28 bits per heavy atom. The minimum Gasteiger partial charge on any atom is -0.312 e. The Kier molecular flexibility index (Phi) is 3.43. The Morgan fingerprint density at radius 3 is 2.78 bits per heavy atom. The summed E-state index contributed by atoms with van der Waals surface area (Å²) in [7, 11) is 0. The van der Waals surface area contributed by atoms with Crippen molar-refractivity contribution in [3.63, 3.8) is 0 Å². The van der Waals surface area contributed by atoms with Crippen LogP contribution in [0.2, 0.25) is 0 Å². The third-order valence-corrected chi connectivity index (χ3v) is 4.57. The summed E-state index contributed by atoms with van der Waals surface area (Å²) in [6, 6.07) is 9.19. The van der Waals surface area contributed by atoms with Gasteiger partial charge < -0.3 is 5.32 Å². The standard InChI is InChI=1S/C17H25N/c1-2-8-17(9-10-17)13-18-12-14-4-3-5-16(11-14)15-6-7-15/h3-5,11,15,18H,2,6-10,12-13H2,1H3. The van der Waals surface area contributed by atoms with Crippen molar-refractivity contribution in [2.45, 2.75) is 57.9 Å². The Morgan fingerprint density at radius 2 is 2.11 bits per heavy atom. The predicted octanol–water partition coefficient (Wildman–Crippen LogP) is 4.23. The van der Waals surface area contributed by atoms with E-state index in [1.165, 1.54) is 50.6 Å². The van der Waals surface area contributed by atoms with Gasteiger partial charge in [-0.25, -0.2) is 0 Å². The van der Waals surface area contributed by atoms with Crippen molar-refractivity contribution in [3.8, 4) is 0 Å². The molecule has 1 heteroatoms. The zero-order chi connectivity index (χ0) is 12.4. The summed E-state index contributed by atoms with van der Waals surface area (Å²) in [6.45, 7) is 4.57. The number of hydrogen-bond donors (Lipinski definition) is 1. The van der Waals surface area contributed by atoms with Gasteiger partial charge in [-0.15, -0.1) is 0 Å². The van der Waals surface area contributed by atoms with Crippen molar-refractivity contribution < 1.29 is 0 Å². The summed E-state index contributed by atoms with van der Waals surface area (Å²) in [6.07, 6.45) is 8.42. The Labute approximate surface area is 111 Å². The molecular formula is C17H25N. The van der Waals surface area contributed by atoms with Gasteiger partial charge in [0.2, 0.25) is 0 Å². The van der Waals surface area contributed by atoms with Crippen LogP contribution in [0.3, 0.4) is 0 Å². The van der Waals surface area contributed by atoms with Crippen LogP contribution in [0.15, 0.2) is 24.3 Å². The van der Waals surface area contributed by atoms with Crippen LogP contribution in [0.25, 0.3) is 0 Å². The van der Waals surface area contributed by atoms with Crippen LogP contribution < -0.4 is 5.32 Å². The molecule has 0 saturated heterocycles. The average molecular weight is 243 g/mol. The van der Waals surface area contributed by atoms with Crippen LogP contribution in [0.5, 0.6) is 0 Å². The second kappa shape index (κ2) is 5.05. The summed E-state index contributed by atoms with van der Waals surface area (Å²) >= 11 is 0. The number of nitrogens with one attached hydrogen (secondary N) is 1. The SMILES string of the molecule is CCCC1(CNCc2cccc(C3CC3)c2)CC1. The molecule has 0 aliphatic heterocycles. The molecular weight excluding hydrogens is 218 g/mol. The van der Waals surface area contributed by atoms with Gasteiger partial charge in [-0.3, -0.25) is 0 Å². The molecule has 2 aliphatic carbocycles. The number of hydrogen-bond acceptors (Lipinski definition) is 1. The third-order valence-electron chi connectivity index (χ3n) is 4.57. The molecule has 2 saturated carbocycles. The quantitative estimate of drug-likeness (QED) is 0.755. The lowest BCUT2D eigenvalue weighted by atomic mass is 10.0. The molecule has 0 unspecified atom stereocenters. The highest BCUT2D eigenvalue weighted by Crippen LogP contribution is 2.49. The monoisotopic (exact) mass is 243 g/mol. The van der Waals surface area contributed by atoms with Gasteiger partial charge in [0.15, 0.2) is 0 Å². The molecule has 1 aromatic rings. The molecule has 98 valence electrons. The summed E-state index contributed by atoms with van der Waals surface area (Å²) in [5.41, 5.74) is 3.69. The van der Waals surface area contributed by atoms with Gasteiger partial charge in [0.1, 0.15) is 0 Å². The highest BCUT2D eigenvalue weighted by atomic mass is 14.9. The second-order valence-corrected chi connectivity index (χ2v) is 6.37. The molecule has 0 heterocycles. The van der Waals surface area contributed by atoms with E-state index in [0.717, 1.165) is 12.5 Å². The third kappa shape index (κ3) is 2.95. The van der Waals surface area contributed by atoms with Crippen LogP contribution in [-0.2, 0) is 6.54 Å². The van der Waals surface area contributed by atoms with E-state index in [2.05, 4.69) is 36.5 Å². The van der Waals surface area contributed by atoms with E-state index in [1.54, 1.807) is 5.56 Å². The van der Waals surface area contributed by atoms with Gasteiger partial charge >= 0.3 is 0 Å². The van der Waals surface area contributed by atoms with E-state index >= 15 is 0 Å². The summed E-state index contributed by atoms with van der Waals surface area (Å²) in [5, 5.41) is 3.68. The normalized spacial score (nSPS) is 20.9. The van der Waals surface area contributed by atoms with Crippen molar-refractivity contribution in [1.82, 2.24) is 5.32 Å². The first-order valence-electron chi connectivity index (χ1n) is 7.61.